The summed E-state index contributed by atoms with van der Waals surface area (Å²) in [5, 5.41) is 34.6. The van der Waals surface area contributed by atoms with Gasteiger partial charge in [0.05, 0.1) is 41.3 Å². The summed E-state index contributed by atoms with van der Waals surface area (Å²) < 4.78 is 85.4. The summed E-state index contributed by atoms with van der Waals surface area (Å²) in [4.78, 5) is 37.4. The van der Waals surface area contributed by atoms with Crippen LogP contribution in [0.15, 0.2) is 46.2 Å². The van der Waals surface area contributed by atoms with E-state index in [0.717, 1.165) is 127 Å². The minimum Gasteiger partial charge on any atom is -0.488 e. The number of hydrogen-bond donors (Lipinski definition) is 5. The van der Waals surface area contributed by atoms with Gasteiger partial charge < -0.3 is 39.0 Å². The highest BCUT2D eigenvalue weighted by atomic mass is 32.2. The average Bonchev–Trinajstić information content (AvgIpc) is 1.69. The molecule has 19 heteroatoms. The molecule has 5 N–H and O–H groups in total. The molecule has 17 nitrogen and oxygen atoms in total. The predicted octanol–water partition coefficient (Wildman–Crippen LogP) is 13.5. The SMILES string of the molecule is CC[C@H]1[C@@H](O)[C@@H]2[C@H](CC[C@]3(C)[C@@H]([C@H](C)COC(=O)NS(=O)(=O)c4ccc5c(c4)CCC(C)(C)O5)CC[C@@H]23)[C@@]2(C)CC[C@H](O)C[C@@H]12.CC[C@H]1[C@@H](O)[C@@H]2[C@H](CC[C@]3(C)[C@@H]([C@H](C)COC(=O)NS(=O)(=O)c4ccc5c(c4)CCC(C)(C)O5)CC[C@@H]23)[C@@]2(C)CC[C@H](OC(C)=O)C[C@@H]12. The number of nitrogens with one attached hydrogen (secondary N) is 2. The van der Waals surface area contributed by atoms with Crippen LogP contribution in [0.1, 0.15) is 217 Å². The van der Waals surface area contributed by atoms with Crippen molar-refractivity contribution < 1.29 is 70.2 Å². The molecule has 2 aliphatic heterocycles. The van der Waals surface area contributed by atoms with Gasteiger partial charge in [0.2, 0.25) is 0 Å². The number of rotatable bonds is 13. The Morgan fingerprint density at radius 3 is 1.35 bits per heavy atom. The first-order valence-electron chi connectivity index (χ1n) is 35.8. The van der Waals surface area contributed by atoms with Crippen LogP contribution in [0.3, 0.4) is 0 Å². The van der Waals surface area contributed by atoms with Crippen molar-refractivity contribution >= 4 is 38.2 Å². The van der Waals surface area contributed by atoms with Crippen LogP contribution in [0.5, 0.6) is 11.5 Å². The van der Waals surface area contributed by atoms with E-state index in [1.54, 1.807) is 24.3 Å². The van der Waals surface area contributed by atoms with Gasteiger partial charge in [-0.1, -0.05) is 68.2 Å². The number of hydrogen-bond acceptors (Lipinski definition) is 15. The average molecular weight is 1330 g/mol. The van der Waals surface area contributed by atoms with Crippen LogP contribution in [-0.2, 0) is 51.9 Å². The summed E-state index contributed by atoms with van der Waals surface area (Å²) in [5.41, 5.74) is 1.33. The second kappa shape index (κ2) is 25.9. The predicted molar refractivity (Wildman–Crippen MR) is 354 cm³/mol. The van der Waals surface area contributed by atoms with Gasteiger partial charge >= 0.3 is 18.2 Å². The first kappa shape index (κ1) is 70.2. The summed E-state index contributed by atoms with van der Waals surface area (Å²) in [6, 6.07) is 9.41. The molecule has 0 saturated heterocycles. The maximum atomic E-state index is 13.1. The third kappa shape index (κ3) is 13.1. The molecule has 8 aliphatic carbocycles. The van der Waals surface area contributed by atoms with Crippen LogP contribution in [0.4, 0.5) is 9.59 Å². The fourth-order valence-electron chi connectivity index (χ4n) is 22.8. The Balaban J connectivity index is 0.000000191. The van der Waals surface area contributed by atoms with Crippen molar-refractivity contribution in [2.75, 3.05) is 13.2 Å². The monoisotopic (exact) mass is 1330 g/mol. The Morgan fingerprint density at radius 2 is 0.935 bits per heavy atom. The summed E-state index contributed by atoms with van der Waals surface area (Å²) in [6.07, 6.45) is 15.7. The van der Waals surface area contributed by atoms with E-state index in [-0.39, 0.29) is 122 Å². The van der Waals surface area contributed by atoms with E-state index in [2.05, 4.69) is 64.8 Å². The summed E-state index contributed by atoms with van der Waals surface area (Å²) in [7, 11) is -8.19. The molecule has 2 aromatic rings. The zero-order chi connectivity index (χ0) is 67.3. The second-order valence-corrected chi connectivity index (χ2v) is 36.8. The van der Waals surface area contributed by atoms with Gasteiger partial charge in [-0.2, -0.15) is 0 Å². The molecule has 0 bridgehead atoms. The van der Waals surface area contributed by atoms with Gasteiger partial charge in [0.25, 0.3) is 20.0 Å². The van der Waals surface area contributed by atoms with Gasteiger partial charge in [0, 0.05) is 6.92 Å². The van der Waals surface area contributed by atoms with Crippen LogP contribution in [0.2, 0.25) is 0 Å². The van der Waals surface area contributed by atoms with Crippen molar-refractivity contribution in [3.8, 4) is 11.5 Å². The number of amides is 2. The molecule has 0 aromatic heterocycles. The number of benzene rings is 2. The van der Waals surface area contributed by atoms with Crippen LogP contribution in [-0.4, -0.2) is 99.1 Å². The molecule has 93 heavy (non-hydrogen) atoms. The number of sulfonamides is 2. The van der Waals surface area contributed by atoms with E-state index < -0.39 is 32.2 Å². The number of carbonyl (C=O) groups is 3. The van der Waals surface area contributed by atoms with E-state index in [1.807, 2.05) is 27.7 Å². The highest BCUT2D eigenvalue weighted by molar-refractivity contribution is 7.90. The maximum absolute atomic E-state index is 13.1. The Labute approximate surface area is 555 Å². The normalized spacial score (nSPS) is 40.0. The summed E-state index contributed by atoms with van der Waals surface area (Å²) in [5.74, 6) is 5.11. The van der Waals surface area contributed by atoms with Crippen molar-refractivity contribution in [3.05, 3.63) is 47.5 Å². The molecule has 2 aromatic carbocycles. The van der Waals surface area contributed by atoms with Gasteiger partial charge in [-0.3, -0.25) is 4.79 Å². The Morgan fingerprint density at radius 1 is 0.538 bits per heavy atom. The lowest BCUT2D eigenvalue weighted by Crippen LogP contribution is -2.62. The van der Waals surface area contributed by atoms with Gasteiger partial charge in [-0.15, -0.1) is 0 Å². The summed E-state index contributed by atoms with van der Waals surface area (Å²) >= 11 is 0. The highest BCUT2D eigenvalue weighted by Gasteiger charge is 2.67. The molecule has 8 fully saturated rings. The minimum atomic E-state index is -4.10. The lowest BCUT2D eigenvalue weighted by molar-refractivity contribution is -0.207. The molecular formula is C74H112N2O15S2. The number of aliphatic hydroxyl groups is 3. The first-order valence-corrected chi connectivity index (χ1v) is 38.8. The zero-order valence-corrected chi connectivity index (χ0v) is 59.6. The number of fused-ring (bicyclic) bond motifs is 12. The third-order valence-electron chi connectivity index (χ3n) is 27.5. The largest absolute Gasteiger partial charge is 0.488 e. The van der Waals surface area contributed by atoms with Crippen LogP contribution in [0.25, 0.3) is 0 Å². The van der Waals surface area contributed by atoms with Gasteiger partial charge in [0.15, 0.2) is 0 Å². The van der Waals surface area contributed by atoms with Crippen molar-refractivity contribution in [2.45, 2.75) is 264 Å². The molecule has 0 unspecified atom stereocenters. The van der Waals surface area contributed by atoms with E-state index >= 15 is 0 Å². The van der Waals surface area contributed by atoms with Crippen LogP contribution in [0, 0.1) is 105 Å². The van der Waals surface area contributed by atoms with Gasteiger partial charge in [-0.25, -0.2) is 35.9 Å². The Kier molecular flexibility index (Phi) is 19.6. The minimum absolute atomic E-state index is 0.00365. The lowest BCUT2D eigenvalue weighted by Gasteiger charge is -2.64. The van der Waals surface area contributed by atoms with E-state index in [4.69, 9.17) is 23.7 Å². The quantitative estimate of drug-likeness (QED) is 0.0924. The number of aliphatic hydroxyl groups excluding tert-OH is 3. The lowest BCUT2D eigenvalue weighted by atomic mass is 9.41. The van der Waals surface area contributed by atoms with Gasteiger partial charge in [-0.05, 0) is 295 Å². The first-order chi connectivity index (χ1) is 43.6. The number of ether oxygens (including phenoxy) is 5. The molecule has 10 aliphatic rings. The van der Waals surface area contributed by atoms with E-state index in [1.165, 1.54) is 19.1 Å². The highest BCUT2D eigenvalue weighted by Crippen LogP contribution is 2.71. The van der Waals surface area contributed by atoms with Crippen molar-refractivity contribution in [1.29, 1.82) is 0 Å². The summed E-state index contributed by atoms with van der Waals surface area (Å²) in [6.45, 7) is 28.1. The molecule has 8 saturated carbocycles. The molecule has 12 rings (SSSR count). The molecule has 2 heterocycles. The number of carbonyl (C=O) groups excluding carboxylic acids is 3. The van der Waals surface area contributed by atoms with Gasteiger partial charge in [0.1, 0.15) is 28.8 Å². The molecule has 22 atom stereocenters. The smallest absolute Gasteiger partial charge is 0.421 e. The maximum Gasteiger partial charge on any atom is 0.421 e. The molecule has 0 radical (unpaired) electrons. The van der Waals surface area contributed by atoms with Crippen molar-refractivity contribution in [1.82, 2.24) is 9.44 Å². The Bertz CT molecular complexity index is 3340. The Hall–Kier alpha value is -4.17. The second-order valence-electron chi connectivity index (χ2n) is 33.4. The molecular weight excluding hydrogens is 1220 g/mol. The zero-order valence-electron chi connectivity index (χ0n) is 58.0. The molecule has 520 valence electrons. The fourth-order valence-corrected chi connectivity index (χ4v) is 24.7. The van der Waals surface area contributed by atoms with Crippen molar-refractivity contribution in [3.63, 3.8) is 0 Å². The number of esters is 1. The fraction of sp³-hybridized carbons (Fsp3) is 0.797. The molecule has 0 spiro atoms. The van der Waals surface area contributed by atoms with Crippen molar-refractivity contribution in [2.24, 2.45) is 105 Å². The standard InChI is InChI=1S/C38H57NO8S.C36H55NO7S/c1-8-27-31-20-25(46-23(3)40)14-17-38(31,7)30-15-18-37(6)28(10-11-29(37)33(30)34(27)41)22(2)21-45-35(42)39-48(43,44)26-9-12-32-24(19-26)13-16-36(4,5)47-32;1-7-25-29-19-23(38)13-16-36(29,6)28-14-17-35(5)26(9-10-27(35)31(28)32(25)39)21(2)20-43-33(40)37-45(41,42)24-8-11-30-22(18-24)12-15-34(3,4)44-30/h9,12,19,22,25,27-31,33-34,41H,8,10-11,13-18,20-21H2,1-7H3,(H,39,42);8,11,18,21,23,25-29,31-32,38-39H,7,9-10,12-17,19-20H2,1-6H3,(H,37,40)/t22-,25+,27-,28-,29+,30+,31+,33+,34-,37-,38-;21-,23+,25-,26-,27+,28+,29+,31+,32-,35-,36-/m11/s1. The van der Waals surface area contributed by atoms with E-state index in [0.29, 0.717) is 71.7 Å². The van der Waals surface area contributed by atoms with Crippen LogP contribution >= 0.6 is 0 Å². The third-order valence-corrected chi connectivity index (χ3v) is 30.1. The van der Waals surface area contributed by atoms with Crippen LogP contribution < -0.4 is 18.9 Å². The number of aryl methyl sites for hydroxylation is 2. The van der Waals surface area contributed by atoms with E-state index in [9.17, 15) is 46.5 Å². The topological polar surface area (TPSA) is 250 Å². The molecule has 2 amide bonds.